The first-order valence-electron chi connectivity index (χ1n) is 4.29. The van der Waals surface area contributed by atoms with Crippen LogP contribution in [-0.4, -0.2) is 4.98 Å². The molecule has 1 aromatic heterocycles. The Morgan fingerprint density at radius 1 is 1.12 bits per heavy atom. The highest BCUT2D eigenvalue weighted by atomic mass is 19.3. The van der Waals surface area contributed by atoms with E-state index in [0.29, 0.717) is 12.1 Å². The summed E-state index contributed by atoms with van der Waals surface area (Å²) >= 11 is 0. The lowest BCUT2D eigenvalue weighted by atomic mass is 10.2. The normalized spacial score (nSPS) is 11.3. The van der Waals surface area contributed by atoms with Gasteiger partial charge in [-0.05, 0) is 6.07 Å². The minimum absolute atomic E-state index is 0.290. The first-order valence-corrected chi connectivity index (χ1v) is 4.29. The molecule has 0 radical (unpaired) electrons. The van der Waals surface area contributed by atoms with Gasteiger partial charge in [-0.2, -0.15) is 0 Å². The van der Waals surface area contributed by atoms with Crippen LogP contribution in [0.25, 0.3) is 10.9 Å². The Morgan fingerprint density at radius 3 is 2.44 bits per heavy atom. The highest BCUT2D eigenvalue weighted by Crippen LogP contribution is 2.20. The number of H-pyrrole nitrogens is 1. The number of hydrogen-bond acceptors (Lipinski definition) is 1. The van der Waals surface area contributed by atoms with E-state index in [9.17, 15) is 22.4 Å². The number of fused-ring (bicyclic) bond motifs is 1. The van der Waals surface area contributed by atoms with Crippen LogP contribution in [0.15, 0.2) is 23.0 Å². The molecule has 0 saturated carbocycles. The van der Waals surface area contributed by atoms with Crippen molar-refractivity contribution in [2.75, 3.05) is 0 Å². The van der Waals surface area contributed by atoms with Gasteiger partial charge in [-0.15, -0.1) is 0 Å². The van der Waals surface area contributed by atoms with Gasteiger partial charge in [-0.3, -0.25) is 4.79 Å². The molecule has 84 valence electrons. The fraction of sp³-hybridized carbons (Fsp3) is 0.100. The van der Waals surface area contributed by atoms with Gasteiger partial charge in [0, 0.05) is 12.1 Å². The van der Waals surface area contributed by atoms with Gasteiger partial charge >= 0.3 is 0 Å². The average Bonchev–Trinajstić information content (AvgIpc) is 2.19. The molecule has 0 unspecified atom stereocenters. The molecule has 0 saturated heterocycles. The molecule has 16 heavy (non-hydrogen) atoms. The summed E-state index contributed by atoms with van der Waals surface area (Å²) in [6, 6.07) is 1.95. The predicted molar refractivity (Wildman–Crippen MR) is 49.4 cm³/mol. The molecule has 0 amide bonds. The SMILES string of the molecule is O=c1cc(C(F)F)[nH]c2c(F)cc(F)cc12. The summed E-state index contributed by atoms with van der Waals surface area (Å²) in [6.45, 7) is 0. The average molecular weight is 231 g/mol. The predicted octanol–water partition coefficient (Wildman–Crippen LogP) is 2.74. The van der Waals surface area contributed by atoms with E-state index in [4.69, 9.17) is 0 Å². The molecule has 0 bridgehead atoms. The van der Waals surface area contributed by atoms with Crippen molar-refractivity contribution >= 4 is 10.9 Å². The molecule has 0 aliphatic rings. The summed E-state index contributed by atoms with van der Waals surface area (Å²) in [5, 5.41) is -0.290. The molecule has 0 aliphatic heterocycles. The summed E-state index contributed by atoms with van der Waals surface area (Å²) < 4.78 is 50.6. The Kier molecular flexibility index (Phi) is 2.41. The molecule has 6 heteroatoms. The molecular formula is C10H5F4NO. The first-order chi connectivity index (χ1) is 7.49. The Hall–Kier alpha value is -1.85. The van der Waals surface area contributed by atoms with E-state index >= 15 is 0 Å². The van der Waals surface area contributed by atoms with Crippen molar-refractivity contribution in [1.82, 2.24) is 4.98 Å². The number of nitrogens with one attached hydrogen (secondary N) is 1. The van der Waals surface area contributed by atoms with Crippen LogP contribution in [0.3, 0.4) is 0 Å². The Bertz CT molecular complexity index is 606. The van der Waals surface area contributed by atoms with Gasteiger partial charge < -0.3 is 4.98 Å². The number of rotatable bonds is 1. The number of alkyl halides is 2. The molecule has 2 aromatic rings. The molecule has 2 nitrogen and oxygen atoms in total. The number of hydrogen-bond donors (Lipinski definition) is 1. The van der Waals surface area contributed by atoms with E-state index in [-0.39, 0.29) is 5.39 Å². The van der Waals surface area contributed by atoms with Crippen molar-refractivity contribution in [2.45, 2.75) is 6.43 Å². The maximum atomic E-state index is 13.2. The summed E-state index contributed by atoms with van der Waals surface area (Å²) in [6.07, 6.45) is -2.92. The largest absolute Gasteiger partial charge is 0.351 e. The van der Waals surface area contributed by atoms with Crippen LogP contribution in [0.2, 0.25) is 0 Å². The van der Waals surface area contributed by atoms with Crippen LogP contribution in [0.4, 0.5) is 17.6 Å². The van der Waals surface area contributed by atoms with Gasteiger partial charge in [0.25, 0.3) is 6.43 Å². The molecule has 2 rings (SSSR count). The molecule has 0 spiro atoms. The van der Waals surface area contributed by atoms with Gasteiger partial charge in [0.05, 0.1) is 16.6 Å². The Balaban J connectivity index is 2.87. The number of pyridine rings is 1. The zero-order valence-corrected chi connectivity index (χ0v) is 7.73. The van der Waals surface area contributed by atoms with Gasteiger partial charge in [0.1, 0.15) is 11.6 Å². The molecule has 1 N–H and O–H groups in total. The summed E-state index contributed by atoms with van der Waals surface area (Å²) in [4.78, 5) is 13.4. The highest BCUT2D eigenvalue weighted by molar-refractivity contribution is 5.79. The quantitative estimate of drug-likeness (QED) is 0.752. The second kappa shape index (κ2) is 3.62. The maximum Gasteiger partial charge on any atom is 0.278 e. The van der Waals surface area contributed by atoms with Crippen LogP contribution < -0.4 is 5.43 Å². The van der Waals surface area contributed by atoms with Crippen molar-refractivity contribution < 1.29 is 17.6 Å². The van der Waals surface area contributed by atoms with E-state index in [1.165, 1.54) is 0 Å². The topological polar surface area (TPSA) is 32.9 Å². The van der Waals surface area contributed by atoms with Gasteiger partial charge in [0.15, 0.2) is 5.43 Å². The monoisotopic (exact) mass is 231 g/mol. The maximum absolute atomic E-state index is 13.2. The smallest absolute Gasteiger partial charge is 0.278 e. The third kappa shape index (κ3) is 1.66. The summed E-state index contributed by atoms with van der Waals surface area (Å²) in [7, 11) is 0. The number of halogens is 4. The van der Waals surface area contributed by atoms with Crippen LogP contribution in [0.1, 0.15) is 12.1 Å². The van der Waals surface area contributed by atoms with Crippen molar-refractivity contribution in [3.05, 3.63) is 45.8 Å². The Morgan fingerprint density at radius 2 is 1.81 bits per heavy atom. The van der Waals surface area contributed by atoms with Crippen molar-refractivity contribution in [1.29, 1.82) is 0 Å². The third-order valence-electron chi connectivity index (χ3n) is 2.11. The Labute approximate surface area is 86.5 Å². The molecule has 0 fully saturated rings. The first kappa shape index (κ1) is 10.7. The van der Waals surface area contributed by atoms with Crippen LogP contribution in [0.5, 0.6) is 0 Å². The standard InChI is InChI=1S/C10H5F4NO/c11-4-1-5-8(16)3-7(10(13)14)15-9(5)6(12)2-4/h1-3,10H,(H,15,16). The van der Waals surface area contributed by atoms with Gasteiger partial charge in [-0.1, -0.05) is 0 Å². The number of benzene rings is 1. The van der Waals surface area contributed by atoms with Crippen LogP contribution in [0, 0.1) is 11.6 Å². The third-order valence-corrected chi connectivity index (χ3v) is 2.11. The zero-order valence-electron chi connectivity index (χ0n) is 7.73. The lowest BCUT2D eigenvalue weighted by Crippen LogP contribution is -2.07. The van der Waals surface area contributed by atoms with E-state index in [1.807, 2.05) is 0 Å². The second-order valence-electron chi connectivity index (χ2n) is 3.20. The van der Waals surface area contributed by atoms with E-state index in [0.717, 1.165) is 6.07 Å². The van der Waals surface area contributed by atoms with Gasteiger partial charge in [-0.25, -0.2) is 17.6 Å². The fourth-order valence-corrected chi connectivity index (χ4v) is 1.41. The lowest BCUT2D eigenvalue weighted by Gasteiger charge is -2.04. The lowest BCUT2D eigenvalue weighted by molar-refractivity contribution is 0.146. The summed E-state index contributed by atoms with van der Waals surface area (Å²) in [5.74, 6) is -2.00. The minimum Gasteiger partial charge on any atom is -0.351 e. The van der Waals surface area contributed by atoms with E-state index in [2.05, 4.69) is 4.98 Å². The highest BCUT2D eigenvalue weighted by Gasteiger charge is 2.13. The second-order valence-corrected chi connectivity index (χ2v) is 3.20. The van der Waals surface area contributed by atoms with E-state index in [1.54, 1.807) is 0 Å². The van der Waals surface area contributed by atoms with Crippen LogP contribution in [-0.2, 0) is 0 Å². The summed E-state index contributed by atoms with van der Waals surface area (Å²) in [5.41, 5.74) is -1.95. The number of aromatic amines is 1. The van der Waals surface area contributed by atoms with E-state index < -0.39 is 34.7 Å². The molecule has 1 aromatic carbocycles. The van der Waals surface area contributed by atoms with Crippen molar-refractivity contribution in [2.24, 2.45) is 0 Å². The van der Waals surface area contributed by atoms with Crippen molar-refractivity contribution in [3.8, 4) is 0 Å². The zero-order chi connectivity index (χ0) is 11.9. The van der Waals surface area contributed by atoms with Crippen LogP contribution >= 0.6 is 0 Å². The molecule has 1 heterocycles. The molecule has 0 aliphatic carbocycles. The van der Waals surface area contributed by atoms with Gasteiger partial charge in [0.2, 0.25) is 0 Å². The fourth-order valence-electron chi connectivity index (χ4n) is 1.41. The minimum atomic E-state index is -2.92. The molecule has 0 atom stereocenters. The van der Waals surface area contributed by atoms with Crippen molar-refractivity contribution in [3.63, 3.8) is 0 Å². The molecular weight excluding hydrogens is 226 g/mol. The number of aromatic nitrogens is 1.